The molecule has 0 amide bonds. The van der Waals surface area contributed by atoms with Gasteiger partial charge in [0.25, 0.3) is 0 Å². The van der Waals surface area contributed by atoms with E-state index in [4.69, 9.17) is 5.11 Å². The van der Waals surface area contributed by atoms with Gasteiger partial charge in [0, 0.05) is 0 Å². The van der Waals surface area contributed by atoms with E-state index in [1.165, 1.54) is 61.8 Å². The van der Waals surface area contributed by atoms with E-state index in [-0.39, 0.29) is 4.71 Å². The quantitative estimate of drug-likeness (QED) is 0.492. The Morgan fingerprint density at radius 1 is 1.07 bits per heavy atom. The Hall–Kier alpha value is 0.0284. The van der Waals surface area contributed by atoms with Crippen molar-refractivity contribution in [2.45, 2.75) is 69.4 Å². The third-order valence-electron chi connectivity index (χ3n) is 2.69. The zero-order valence-electron chi connectivity index (χ0n) is 9.87. The number of aliphatic carboxylic acids is 1. The summed E-state index contributed by atoms with van der Waals surface area (Å²) in [6, 6.07) is 0. The van der Waals surface area contributed by atoms with Crippen molar-refractivity contribution in [2.24, 2.45) is 0 Å². The van der Waals surface area contributed by atoms with Crippen molar-refractivity contribution in [3.63, 3.8) is 0 Å². The molecular formula is C12H25AsO2. The van der Waals surface area contributed by atoms with Crippen LogP contribution in [0.3, 0.4) is 0 Å². The standard InChI is InChI=1S/C12H25AsO2/c1-2-3-4-5-6-7-8-9-10-11(13)12(14)15/h11H,2-10,13H2,1H3,(H,14,15). The molecule has 1 N–H and O–H groups in total. The molecule has 0 spiro atoms. The molecule has 2 nitrogen and oxygen atoms in total. The predicted octanol–water partition coefficient (Wildman–Crippen LogP) is 3.02. The molecule has 0 aliphatic carbocycles. The van der Waals surface area contributed by atoms with Gasteiger partial charge in [-0.2, -0.15) is 0 Å². The van der Waals surface area contributed by atoms with Gasteiger partial charge in [-0.1, -0.05) is 0 Å². The Morgan fingerprint density at radius 2 is 1.53 bits per heavy atom. The fourth-order valence-corrected chi connectivity index (χ4v) is 2.12. The van der Waals surface area contributed by atoms with E-state index in [1.54, 1.807) is 0 Å². The van der Waals surface area contributed by atoms with Crippen LogP contribution in [-0.2, 0) is 4.79 Å². The van der Waals surface area contributed by atoms with Crippen molar-refractivity contribution < 1.29 is 9.90 Å². The summed E-state index contributed by atoms with van der Waals surface area (Å²) in [4.78, 5) is 10.6. The number of carboxylic acid groups (broad SMARTS) is 1. The van der Waals surface area contributed by atoms with Crippen LogP contribution in [0, 0.1) is 0 Å². The molecule has 0 radical (unpaired) electrons. The summed E-state index contributed by atoms with van der Waals surface area (Å²) in [5.74, 6) is -0.627. The average Bonchev–Trinajstić information content (AvgIpc) is 2.21. The van der Waals surface area contributed by atoms with Gasteiger partial charge in [0.05, 0.1) is 0 Å². The van der Waals surface area contributed by atoms with Crippen molar-refractivity contribution >= 4 is 22.8 Å². The van der Waals surface area contributed by atoms with Crippen molar-refractivity contribution in [1.29, 1.82) is 0 Å². The SMILES string of the molecule is CCCCCCCCCCC([AsH2])C(=O)O. The second kappa shape index (κ2) is 10.5. The first-order chi connectivity index (χ1) is 7.18. The molecule has 0 aromatic heterocycles. The molecule has 0 saturated heterocycles. The third-order valence-corrected chi connectivity index (χ3v) is 3.98. The van der Waals surface area contributed by atoms with Crippen LogP contribution in [0.5, 0.6) is 0 Å². The second-order valence-corrected chi connectivity index (χ2v) is 5.90. The van der Waals surface area contributed by atoms with E-state index in [0.29, 0.717) is 0 Å². The third kappa shape index (κ3) is 10.3. The van der Waals surface area contributed by atoms with Crippen LogP contribution < -0.4 is 0 Å². The maximum absolute atomic E-state index is 10.6. The van der Waals surface area contributed by atoms with Crippen LogP contribution >= 0.6 is 0 Å². The molecule has 2 atom stereocenters. The van der Waals surface area contributed by atoms with Gasteiger partial charge in [0.2, 0.25) is 0 Å². The van der Waals surface area contributed by atoms with Gasteiger partial charge in [0.15, 0.2) is 0 Å². The molecule has 0 rings (SSSR count). The summed E-state index contributed by atoms with van der Waals surface area (Å²) in [7, 11) is 0. The Morgan fingerprint density at radius 3 is 2.00 bits per heavy atom. The van der Waals surface area contributed by atoms with Crippen molar-refractivity contribution in [3.05, 3.63) is 0 Å². The van der Waals surface area contributed by atoms with Gasteiger partial charge < -0.3 is 0 Å². The summed E-state index contributed by atoms with van der Waals surface area (Å²) in [6.07, 6.45) is 11.1. The normalized spacial score (nSPS) is 12.7. The Labute approximate surface area is 102 Å². The molecule has 0 fully saturated rings. The van der Waals surface area contributed by atoms with E-state index < -0.39 is 5.97 Å². The van der Waals surface area contributed by atoms with Crippen LogP contribution in [0.4, 0.5) is 0 Å². The number of carboxylic acids is 1. The van der Waals surface area contributed by atoms with Crippen LogP contribution in [0.1, 0.15) is 64.7 Å². The predicted molar refractivity (Wildman–Crippen MR) is 67.2 cm³/mol. The van der Waals surface area contributed by atoms with Gasteiger partial charge in [-0.3, -0.25) is 0 Å². The van der Waals surface area contributed by atoms with Crippen molar-refractivity contribution in [3.8, 4) is 0 Å². The minimum atomic E-state index is -0.627. The molecule has 0 aliphatic heterocycles. The van der Waals surface area contributed by atoms with Gasteiger partial charge in [-0.05, 0) is 0 Å². The minimum absolute atomic E-state index is 0.0995. The van der Waals surface area contributed by atoms with Crippen molar-refractivity contribution in [2.75, 3.05) is 0 Å². The number of hydrogen-bond donors (Lipinski definition) is 1. The summed E-state index contributed by atoms with van der Waals surface area (Å²) in [5.41, 5.74) is 0. The van der Waals surface area contributed by atoms with Crippen molar-refractivity contribution in [1.82, 2.24) is 0 Å². The zero-order chi connectivity index (χ0) is 11.5. The zero-order valence-corrected chi connectivity index (χ0v) is 12.3. The maximum atomic E-state index is 10.6. The molecule has 0 bridgehead atoms. The Bertz CT molecular complexity index is 160. The van der Waals surface area contributed by atoms with E-state index in [2.05, 4.69) is 6.92 Å². The molecule has 15 heavy (non-hydrogen) atoms. The first-order valence-corrected chi connectivity index (χ1v) is 7.56. The van der Waals surface area contributed by atoms with E-state index in [9.17, 15) is 4.79 Å². The van der Waals surface area contributed by atoms with Crippen LogP contribution in [-0.4, -0.2) is 27.9 Å². The van der Waals surface area contributed by atoms with Crippen LogP contribution in [0.2, 0.25) is 4.71 Å². The molecular weight excluding hydrogens is 251 g/mol. The Balaban J connectivity index is 3.08. The Kier molecular flexibility index (Phi) is 10.6. The molecule has 0 heterocycles. The molecule has 0 saturated carbocycles. The summed E-state index contributed by atoms with van der Waals surface area (Å²) in [6.45, 7) is 2.23. The molecule has 0 aromatic carbocycles. The second-order valence-electron chi connectivity index (χ2n) is 4.21. The molecule has 0 aliphatic rings. The summed E-state index contributed by atoms with van der Waals surface area (Å²) < 4.78 is -0.0995. The molecule has 0 aromatic rings. The van der Waals surface area contributed by atoms with Gasteiger partial charge in [-0.15, -0.1) is 0 Å². The van der Waals surface area contributed by atoms with Gasteiger partial charge >= 0.3 is 102 Å². The van der Waals surface area contributed by atoms with Crippen LogP contribution in [0.25, 0.3) is 0 Å². The fraction of sp³-hybridized carbons (Fsp3) is 0.917. The van der Waals surface area contributed by atoms with Gasteiger partial charge in [0.1, 0.15) is 0 Å². The van der Waals surface area contributed by atoms with Crippen LogP contribution in [0.15, 0.2) is 0 Å². The molecule has 3 heteroatoms. The van der Waals surface area contributed by atoms with E-state index in [1.807, 2.05) is 0 Å². The number of rotatable bonds is 10. The molecule has 2 unspecified atom stereocenters. The van der Waals surface area contributed by atoms with E-state index in [0.717, 1.165) is 12.8 Å². The number of unbranched alkanes of at least 4 members (excludes halogenated alkanes) is 7. The number of hydrogen-bond acceptors (Lipinski definition) is 1. The first-order valence-electron chi connectivity index (χ1n) is 6.17. The fourth-order valence-electron chi connectivity index (χ4n) is 1.62. The summed E-state index contributed by atoms with van der Waals surface area (Å²) >= 11 is 1.34. The topological polar surface area (TPSA) is 37.3 Å². The molecule has 90 valence electrons. The monoisotopic (exact) mass is 276 g/mol. The number of carbonyl (C=O) groups is 1. The first kappa shape index (κ1) is 15.0. The van der Waals surface area contributed by atoms with E-state index >= 15 is 0 Å². The summed E-state index contributed by atoms with van der Waals surface area (Å²) in [5, 5.41) is 8.70. The average molecular weight is 276 g/mol. The van der Waals surface area contributed by atoms with Gasteiger partial charge in [-0.25, -0.2) is 0 Å².